The monoisotopic (exact) mass is 234 g/mol. The highest BCUT2D eigenvalue weighted by atomic mass is 32.2. The molecule has 16 heavy (non-hydrogen) atoms. The van der Waals surface area contributed by atoms with Gasteiger partial charge in [0.25, 0.3) is 0 Å². The van der Waals surface area contributed by atoms with Crippen LogP contribution in [-0.2, 0) is 4.79 Å². The van der Waals surface area contributed by atoms with Crippen molar-refractivity contribution in [3.63, 3.8) is 0 Å². The first-order valence-corrected chi connectivity index (χ1v) is 5.58. The first-order chi connectivity index (χ1) is 7.59. The molecule has 0 saturated carbocycles. The third kappa shape index (κ3) is 1.86. The zero-order valence-corrected chi connectivity index (χ0v) is 9.75. The van der Waals surface area contributed by atoms with Crippen molar-refractivity contribution in [3.8, 4) is 0 Å². The van der Waals surface area contributed by atoms with E-state index in [-0.39, 0.29) is 11.0 Å². The molecule has 0 radical (unpaired) electrons. The molecule has 0 saturated heterocycles. The van der Waals surface area contributed by atoms with Gasteiger partial charge >= 0.3 is 0 Å². The molecule has 0 fully saturated rings. The normalized spacial score (nSPS) is 10.6. The molecule has 4 nitrogen and oxygen atoms in total. The van der Waals surface area contributed by atoms with E-state index in [4.69, 9.17) is 0 Å². The van der Waals surface area contributed by atoms with Crippen LogP contribution >= 0.6 is 11.8 Å². The van der Waals surface area contributed by atoms with Crippen LogP contribution in [0, 0.1) is 0 Å². The van der Waals surface area contributed by atoms with E-state index < -0.39 is 0 Å². The van der Waals surface area contributed by atoms with Gasteiger partial charge in [-0.2, -0.15) is 0 Å². The lowest BCUT2D eigenvalue weighted by molar-refractivity contribution is -0.109. The van der Waals surface area contributed by atoms with Crippen molar-refractivity contribution in [2.75, 3.05) is 0 Å². The SMILES string of the molecule is CC(=O)Sc1nc2ccccc2n1C(C)=O. The molecule has 1 aromatic carbocycles. The van der Waals surface area contributed by atoms with Crippen molar-refractivity contribution < 1.29 is 9.59 Å². The molecule has 2 rings (SSSR count). The molecule has 0 bridgehead atoms. The average Bonchev–Trinajstić information content (AvgIpc) is 2.53. The second kappa shape index (κ2) is 4.09. The standard InChI is InChI=1S/C11H10N2O2S/c1-7(14)13-10-6-4-3-5-9(10)12-11(13)16-8(2)15/h3-6H,1-2H3. The van der Waals surface area contributed by atoms with Crippen molar-refractivity contribution in [1.29, 1.82) is 0 Å². The van der Waals surface area contributed by atoms with Gasteiger partial charge in [-0.05, 0) is 23.9 Å². The van der Waals surface area contributed by atoms with Gasteiger partial charge < -0.3 is 0 Å². The van der Waals surface area contributed by atoms with Crippen molar-refractivity contribution >= 4 is 33.8 Å². The first kappa shape index (κ1) is 10.9. The van der Waals surface area contributed by atoms with Gasteiger partial charge in [-0.15, -0.1) is 0 Å². The Morgan fingerprint density at radius 2 is 1.94 bits per heavy atom. The summed E-state index contributed by atoms with van der Waals surface area (Å²) in [5.74, 6) is -0.141. The molecule has 0 aliphatic rings. The minimum Gasteiger partial charge on any atom is -0.287 e. The van der Waals surface area contributed by atoms with Gasteiger partial charge in [-0.1, -0.05) is 12.1 Å². The summed E-state index contributed by atoms with van der Waals surface area (Å²) in [6.45, 7) is 2.91. The van der Waals surface area contributed by atoms with Gasteiger partial charge in [0.05, 0.1) is 11.0 Å². The van der Waals surface area contributed by atoms with E-state index in [0.29, 0.717) is 5.16 Å². The van der Waals surface area contributed by atoms with Crippen LogP contribution in [0.25, 0.3) is 11.0 Å². The Balaban J connectivity index is 2.68. The van der Waals surface area contributed by atoms with Crippen molar-refractivity contribution in [3.05, 3.63) is 24.3 Å². The van der Waals surface area contributed by atoms with Crippen LogP contribution in [0.4, 0.5) is 0 Å². The first-order valence-electron chi connectivity index (χ1n) is 4.76. The van der Waals surface area contributed by atoms with Crippen molar-refractivity contribution in [2.24, 2.45) is 0 Å². The largest absolute Gasteiger partial charge is 0.287 e. The molecule has 0 atom stereocenters. The van der Waals surface area contributed by atoms with Gasteiger partial charge in [-0.3, -0.25) is 14.2 Å². The molecule has 0 aliphatic carbocycles. The van der Waals surface area contributed by atoms with E-state index in [2.05, 4.69) is 4.98 Å². The highest BCUT2D eigenvalue weighted by Crippen LogP contribution is 2.24. The number of carbonyl (C=O) groups excluding carboxylic acids is 2. The molecule has 82 valence electrons. The number of carbonyl (C=O) groups is 2. The lowest BCUT2D eigenvalue weighted by atomic mass is 10.3. The molecule has 5 heteroatoms. The third-order valence-electron chi connectivity index (χ3n) is 2.08. The predicted molar refractivity (Wildman–Crippen MR) is 62.6 cm³/mol. The Hall–Kier alpha value is -1.62. The Bertz CT molecular complexity index is 574. The van der Waals surface area contributed by atoms with Crippen LogP contribution in [0.1, 0.15) is 18.6 Å². The number of aromatic nitrogens is 2. The summed E-state index contributed by atoms with van der Waals surface area (Å²) in [5.41, 5.74) is 1.46. The fraction of sp³-hybridized carbons (Fsp3) is 0.182. The molecule has 0 N–H and O–H groups in total. The van der Waals surface area contributed by atoms with Crippen LogP contribution in [0.15, 0.2) is 29.4 Å². The van der Waals surface area contributed by atoms with Gasteiger partial charge in [0.1, 0.15) is 0 Å². The summed E-state index contributed by atoms with van der Waals surface area (Å²) >= 11 is 0.971. The molecule has 1 aromatic heterocycles. The molecule has 1 heterocycles. The summed E-state index contributed by atoms with van der Waals surface area (Å²) in [4.78, 5) is 26.8. The number of hydrogen-bond donors (Lipinski definition) is 0. The maximum atomic E-state index is 11.5. The molecule has 0 aliphatic heterocycles. The number of fused-ring (bicyclic) bond motifs is 1. The highest BCUT2D eigenvalue weighted by molar-refractivity contribution is 8.13. The lowest BCUT2D eigenvalue weighted by Gasteiger charge is -2.01. The van der Waals surface area contributed by atoms with Gasteiger partial charge in [-0.25, -0.2) is 4.98 Å². The smallest absolute Gasteiger partial charge is 0.230 e. The second-order valence-corrected chi connectivity index (χ2v) is 4.48. The Morgan fingerprint density at radius 3 is 2.56 bits per heavy atom. The number of para-hydroxylation sites is 2. The molecule has 2 aromatic rings. The highest BCUT2D eigenvalue weighted by Gasteiger charge is 2.15. The second-order valence-electron chi connectivity index (χ2n) is 3.33. The van der Waals surface area contributed by atoms with Crippen molar-refractivity contribution in [1.82, 2.24) is 9.55 Å². The quantitative estimate of drug-likeness (QED) is 0.711. The van der Waals surface area contributed by atoms with Crippen LogP contribution in [0.3, 0.4) is 0 Å². The van der Waals surface area contributed by atoms with Crippen LogP contribution in [0.5, 0.6) is 0 Å². The van der Waals surface area contributed by atoms with Gasteiger partial charge in [0.2, 0.25) is 5.91 Å². The summed E-state index contributed by atoms with van der Waals surface area (Å²) < 4.78 is 1.46. The van der Waals surface area contributed by atoms with E-state index in [1.54, 1.807) is 0 Å². The Kier molecular flexibility index (Phi) is 2.78. The number of imidazole rings is 1. The lowest BCUT2D eigenvalue weighted by Crippen LogP contribution is -2.07. The minimum atomic E-state index is -0.141. The summed E-state index contributed by atoms with van der Waals surface area (Å²) in [7, 11) is 0. The number of thioether (sulfide) groups is 1. The van der Waals surface area contributed by atoms with E-state index in [0.717, 1.165) is 22.8 Å². The average molecular weight is 234 g/mol. The third-order valence-corrected chi connectivity index (χ3v) is 2.82. The van der Waals surface area contributed by atoms with Gasteiger partial charge in [0.15, 0.2) is 10.3 Å². The van der Waals surface area contributed by atoms with E-state index in [9.17, 15) is 9.59 Å². The molecular formula is C11H10N2O2S. The van der Waals surface area contributed by atoms with E-state index in [1.807, 2.05) is 24.3 Å². The van der Waals surface area contributed by atoms with E-state index >= 15 is 0 Å². The topological polar surface area (TPSA) is 52.0 Å². The summed E-state index contributed by atoms with van der Waals surface area (Å²) in [6.07, 6.45) is 0. The Morgan fingerprint density at radius 1 is 1.25 bits per heavy atom. The fourth-order valence-electron chi connectivity index (χ4n) is 1.51. The number of rotatable bonds is 1. The van der Waals surface area contributed by atoms with Crippen LogP contribution in [-0.4, -0.2) is 20.6 Å². The molecular weight excluding hydrogens is 224 g/mol. The summed E-state index contributed by atoms with van der Waals surface area (Å²) in [6, 6.07) is 7.32. The zero-order valence-electron chi connectivity index (χ0n) is 8.93. The van der Waals surface area contributed by atoms with Crippen LogP contribution in [0.2, 0.25) is 0 Å². The maximum Gasteiger partial charge on any atom is 0.230 e. The van der Waals surface area contributed by atoms with Gasteiger partial charge in [0, 0.05) is 13.8 Å². The van der Waals surface area contributed by atoms with Crippen LogP contribution < -0.4 is 0 Å². The minimum absolute atomic E-state index is 0.0854. The maximum absolute atomic E-state index is 11.5. The number of hydrogen-bond acceptors (Lipinski definition) is 4. The van der Waals surface area contributed by atoms with Crippen molar-refractivity contribution in [2.45, 2.75) is 19.0 Å². The van der Waals surface area contributed by atoms with E-state index in [1.165, 1.54) is 18.4 Å². The molecule has 0 unspecified atom stereocenters. The fourth-order valence-corrected chi connectivity index (χ4v) is 2.22. The summed E-state index contributed by atoms with van der Waals surface area (Å²) in [5, 5.41) is 0.346. The molecule has 0 spiro atoms. The zero-order chi connectivity index (χ0) is 11.7. The number of nitrogens with zero attached hydrogens (tertiary/aromatic N) is 2. The Labute approximate surface area is 96.7 Å². The predicted octanol–water partition coefficient (Wildman–Crippen LogP) is 2.33. The number of benzene rings is 1. The molecule has 0 amide bonds.